The molecule has 0 aliphatic carbocycles. The minimum Gasteiger partial charge on any atom is -0.292 e. The number of hydrogen-bond donors (Lipinski definition) is 0. The fourth-order valence-electron chi connectivity index (χ4n) is 0.832. The van der Waals surface area contributed by atoms with Gasteiger partial charge in [0.2, 0.25) is 0 Å². The first-order chi connectivity index (χ1) is 4.84. The van der Waals surface area contributed by atoms with Crippen LogP contribution in [0.5, 0.6) is 0 Å². The normalized spacial score (nSPS) is 17.7. The molecule has 1 aliphatic rings. The second-order valence-electron chi connectivity index (χ2n) is 2.34. The Balaban J connectivity index is 2.33. The Bertz CT molecular complexity index is 165. The van der Waals surface area contributed by atoms with Crippen LogP contribution < -0.4 is 0 Å². The van der Waals surface area contributed by atoms with Crippen molar-refractivity contribution in [3.8, 4) is 0 Å². The Kier molecular flexibility index (Phi) is 2.93. The lowest BCUT2D eigenvalue weighted by Gasteiger charge is -1.93. The van der Waals surface area contributed by atoms with E-state index >= 15 is 0 Å². The predicted molar refractivity (Wildman–Crippen MR) is 44.4 cm³/mol. The summed E-state index contributed by atoms with van der Waals surface area (Å²) in [7, 11) is 0. The lowest BCUT2D eigenvalue weighted by molar-refractivity contribution is -0.110. The van der Waals surface area contributed by atoms with Gasteiger partial charge < -0.3 is 0 Å². The van der Waals surface area contributed by atoms with Crippen molar-refractivity contribution in [3.05, 3.63) is 0 Å². The van der Waals surface area contributed by atoms with Crippen molar-refractivity contribution in [2.24, 2.45) is 4.40 Å². The molecule has 0 fully saturated rings. The highest BCUT2D eigenvalue weighted by Crippen LogP contribution is 2.15. The van der Waals surface area contributed by atoms with Crippen LogP contribution in [0, 0.1) is 0 Å². The second-order valence-corrected chi connectivity index (χ2v) is 3.07. The standard InChI is InChI=1S/C7H11NOS/c1-2-3-4-6-7(9)5-10-8-6/h2-5H2,1H3. The summed E-state index contributed by atoms with van der Waals surface area (Å²) in [6, 6.07) is 0. The first kappa shape index (κ1) is 7.79. The molecular weight excluding hydrogens is 146 g/mol. The highest BCUT2D eigenvalue weighted by molar-refractivity contribution is 7.99. The molecule has 0 N–H and O–H groups in total. The maximum Gasteiger partial charge on any atom is 0.189 e. The summed E-state index contributed by atoms with van der Waals surface area (Å²) < 4.78 is 4.04. The van der Waals surface area contributed by atoms with Crippen LogP contribution in [0.4, 0.5) is 0 Å². The third-order valence-corrected chi connectivity index (χ3v) is 2.20. The largest absolute Gasteiger partial charge is 0.292 e. The number of carbonyl (C=O) groups is 1. The van der Waals surface area contributed by atoms with Crippen molar-refractivity contribution in [1.82, 2.24) is 0 Å². The zero-order valence-electron chi connectivity index (χ0n) is 6.09. The van der Waals surface area contributed by atoms with Crippen molar-refractivity contribution in [3.63, 3.8) is 0 Å². The van der Waals surface area contributed by atoms with Crippen LogP contribution in [0.2, 0.25) is 0 Å². The van der Waals surface area contributed by atoms with E-state index in [0.29, 0.717) is 5.75 Å². The molecule has 10 heavy (non-hydrogen) atoms. The second kappa shape index (κ2) is 3.76. The molecule has 0 aromatic carbocycles. The van der Waals surface area contributed by atoms with E-state index in [-0.39, 0.29) is 5.78 Å². The van der Waals surface area contributed by atoms with Gasteiger partial charge in [-0.05, 0) is 24.8 Å². The number of Topliss-reactive ketones (excluding diaryl/α,β-unsaturated/α-hetero) is 1. The Labute approximate surface area is 65.2 Å². The predicted octanol–water partition coefficient (Wildman–Crippen LogP) is 1.85. The first-order valence-corrected chi connectivity index (χ1v) is 4.51. The number of ketones is 1. The van der Waals surface area contributed by atoms with E-state index in [0.717, 1.165) is 25.0 Å². The van der Waals surface area contributed by atoms with Gasteiger partial charge in [0.05, 0.1) is 11.5 Å². The van der Waals surface area contributed by atoms with Crippen LogP contribution in [-0.4, -0.2) is 17.2 Å². The number of unbranched alkanes of at least 4 members (excludes halogenated alkanes) is 1. The average molecular weight is 157 g/mol. The summed E-state index contributed by atoms with van der Waals surface area (Å²) in [6.45, 7) is 2.12. The highest BCUT2D eigenvalue weighted by atomic mass is 32.2. The van der Waals surface area contributed by atoms with Crippen LogP contribution in [-0.2, 0) is 4.79 Å². The number of hydrogen-bond acceptors (Lipinski definition) is 3. The van der Waals surface area contributed by atoms with Gasteiger partial charge in [0, 0.05) is 0 Å². The van der Waals surface area contributed by atoms with E-state index in [1.165, 1.54) is 11.9 Å². The van der Waals surface area contributed by atoms with Crippen LogP contribution in [0.25, 0.3) is 0 Å². The number of carbonyl (C=O) groups excluding carboxylic acids is 1. The first-order valence-electron chi connectivity index (χ1n) is 3.56. The molecule has 0 aromatic heterocycles. The lowest BCUT2D eigenvalue weighted by atomic mass is 10.1. The summed E-state index contributed by atoms with van der Waals surface area (Å²) in [5, 5.41) is 0. The molecule has 0 spiro atoms. The summed E-state index contributed by atoms with van der Waals surface area (Å²) >= 11 is 1.38. The van der Waals surface area contributed by atoms with E-state index in [4.69, 9.17) is 0 Å². The van der Waals surface area contributed by atoms with Gasteiger partial charge in [-0.3, -0.25) is 4.79 Å². The molecule has 0 amide bonds. The number of nitrogens with zero attached hydrogens (tertiary/aromatic N) is 1. The Hall–Kier alpha value is -0.310. The molecule has 0 unspecified atom stereocenters. The topological polar surface area (TPSA) is 29.4 Å². The quantitative estimate of drug-likeness (QED) is 0.585. The fraction of sp³-hybridized carbons (Fsp3) is 0.714. The van der Waals surface area contributed by atoms with Gasteiger partial charge in [-0.25, -0.2) is 4.40 Å². The van der Waals surface area contributed by atoms with Gasteiger partial charge in [0.1, 0.15) is 0 Å². The van der Waals surface area contributed by atoms with Gasteiger partial charge in [0.25, 0.3) is 0 Å². The Morgan fingerprint density at radius 3 is 3.00 bits per heavy atom. The molecular formula is C7H11NOS. The van der Waals surface area contributed by atoms with Crippen molar-refractivity contribution >= 4 is 23.4 Å². The van der Waals surface area contributed by atoms with E-state index < -0.39 is 0 Å². The van der Waals surface area contributed by atoms with Gasteiger partial charge in [-0.1, -0.05) is 13.3 Å². The van der Waals surface area contributed by atoms with E-state index in [9.17, 15) is 4.79 Å². The van der Waals surface area contributed by atoms with Crippen LogP contribution in [0.1, 0.15) is 26.2 Å². The van der Waals surface area contributed by atoms with Gasteiger partial charge in [0.15, 0.2) is 5.78 Å². The summed E-state index contributed by atoms with van der Waals surface area (Å²) in [5.74, 6) is 0.803. The average Bonchev–Trinajstić information content (AvgIpc) is 2.31. The molecule has 1 rings (SSSR count). The van der Waals surface area contributed by atoms with Crippen molar-refractivity contribution in [2.75, 3.05) is 5.75 Å². The lowest BCUT2D eigenvalue weighted by Crippen LogP contribution is -2.10. The van der Waals surface area contributed by atoms with Crippen molar-refractivity contribution < 1.29 is 4.79 Å². The van der Waals surface area contributed by atoms with Crippen molar-refractivity contribution in [1.29, 1.82) is 0 Å². The SMILES string of the molecule is CCCCC1=NSCC1=O. The van der Waals surface area contributed by atoms with Gasteiger partial charge >= 0.3 is 0 Å². The summed E-state index contributed by atoms with van der Waals surface area (Å²) in [4.78, 5) is 10.9. The zero-order valence-corrected chi connectivity index (χ0v) is 6.91. The van der Waals surface area contributed by atoms with E-state index in [1.807, 2.05) is 0 Å². The summed E-state index contributed by atoms with van der Waals surface area (Å²) in [5.41, 5.74) is 0.798. The maximum atomic E-state index is 10.9. The molecule has 0 saturated carbocycles. The third kappa shape index (κ3) is 1.84. The Morgan fingerprint density at radius 2 is 2.50 bits per heavy atom. The van der Waals surface area contributed by atoms with Crippen molar-refractivity contribution in [2.45, 2.75) is 26.2 Å². The summed E-state index contributed by atoms with van der Waals surface area (Å²) in [6.07, 6.45) is 3.10. The van der Waals surface area contributed by atoms with Crippen LogP contribution in [0.15, 0.2) is 4.40 Å². The van der Waals surface area contributed by atoms with Crippen LogP contribution in [0.3, 0.4) is 0 Å². The molecule has 0 aromatic rings. The molecule has 0 saturated heterocycles. The van der Waals surface area contributed by atoms with Crippen LogP contribution >= 0.6 is 11.9 Å². The minimum atomic E-state index is 0.235. The maximum absolute atomic E-state index is 10.9. The van der Waals surface area contributed by atoms with E-state index in [2.05, 4.69) is 11.3 Å². The monoisotopic (exact) mass is 157 g/mol. The third-order valence-electron chi connectivity index (χ3n) is 1.46. The molecule has 0 atom stereocenters. The molecule has 56 valence electrons. The minimum absolute atomic E-state index is 0.235. The molecule has 0 bridgehead atoms. The number of rotatable bonds is 3. The molecule has 0 radical (unpaired) electrons. The Morgan fingerprint density at radius 1 is 1.70 bits per heavy atom. The zero-order chi connectivity index (χ0) is 7.40. The van der Waals surface area contributed by atoms with E-state index in [1.54, 1.807) is 0 Å². The molecule has 1 aliphatic heterocycles. The molecule has 3 heteroatoms. The van der Waals surface area contributed by atoms with Gasteiger partial charge in [-0.2, -0.15) is 0 Å². The van der Waals surface area contributed by atoms with Gasteiger partial charge in [-0.15, -0.1) is 0 Å². The smallest absolute Gasteiger partial charge is 0.189 e. The molecule has 2 nitrogen and oxygen atoms in total. The molecule has 1 heterocycles. The fourth-order valence-corrected chi connectivity index (χ4v) is 1.53. The highest BCUT2D eigenvalue weighted by Gasteiger charge is 2.16.